The number of aliphatic hydroxyl groups excluding tert-OH is 1. The van der Waals surface area contributed by atoms with Crippen LogP contribution in [0.5, 0.6) is 0 Å². The van der Waals surface area contributed by atoms with Gasteiger partial charge >= 0.3 is 29.8 Å². The zero-order valence-electron chi connectivity index (χ0n) is 30.8. The van der Waals surface area contributed by atoms with Crippen LogP contribution in [0.15, 0.2) is 45.1 Å². The average molecular weight is 749 g/mol. The van der Waals surface area contributed by atoms with Gasteiger partial charge in [0, 0.05) is 39.5 Å². The molecule has 2 aliphatic heterocycles. The molecule has 54 heavy (non-hydrogen) atoms. The lowest BCUT2D eigenvalue weighted by molar-refractivity contribution is -0.186. The van der Waals surface area contributed by atoms with Crippen molar-refractivity contribution < 1.29 is 67.8 Å². The van der Waals surface area contributed by atoms with E-state index < -0.39 is 87.8 Å². The first kappa shape index (κ1) is 35.6. The fourth-order valence-corrected chi connectivity index (χ4v) is 12.7. The van der Waals surface area contributed by atoms with E-state index in [0.29, 0.717) is 24.0 Å². The highest BCUT2D eigenvalue weighted by atomic mass is 16.6. The third-order valence-electron chi connectivity index (χ3n) is 15.3. The molecule has 0 aromatic carbocycles. The number of ether oxygens (including phenoxy) is 5. The number of methoxy groups -OCH3 is 1. The Kier molecular flexibility index (Phi) is 7.24. The number of rotatable bonds is 1. The SMILES string of the molecule is COC(=O)/C(C)=C1\C(=O)[C@H](O)[C@]2(C)C3=C1[C@]14OC(=O)C5=C1C[C@@H]1[C@](O)(COC(=O)/C(C)=C\COC(=O)CCC(=O)OC5)[C@H]5C[C@H]5[C@]1(C)[C@@H]4C[C@]3(O)[C@H]1C[C@H]12. The number of carbonyl (C=O) groups excluding carboxylic acids is 6. The van der Waals surface area contributed by atoms with Gasteiger partial charge in [0.15, 0.2) is 11.4 Å². The van der Waals surface area contributed by atoms with Gasteiger partial charge < -0.3 is 39.0 Å². The number of aliphatic hydroxyl groups is 3. The zero-order chi connectivity index (χ0) is 38.7. The Morgan fingerprint density at radius 3 is 2.30 bits per heavy atom. The van der Waals surface area contributed by atoms with Gasteiger partial charge in [-0.2, -0.15) is 0 Å². The number of hydrogen-bond donors (Lipinski definition) is 3. The summed E-state index contributed by atoms with van der Waals surface area (Å²) in [6, 6.07) is 0. The Bertz CT molecular complexity index is 2020. The first-order chi connectivity index (χ1) is 25.4. The topological polar surface area (TPSA) is 209 Å². The molecule has 9 aliphatic rings. The molecule has 288 valence electrons. The highest BCUT2D eigenvalue weighted by molar-refractivity contribution is 6.12. The molecule has 12 atom stereocenters. The van der Waals surface area contributed by atoms with E-state index in [0.717, 1.165) is 0 Å². The smallest absolute Gasteiger partial charge is 0.338 e. The maximum absolute atomic E-state index is 14.6. The summed E-state index contributed by atoms with van der Waals surface area (Å²) in [7, 11) is 1.17. The van der Waals surface area contributed by atoms with Crippen LogP contribution in [0.1, 0.15) is 66.2 Å². The number of hydrogen-bond acceptors (Lipinski definition) is 14. The highest BCUT2D eigenvalue weighted by Gasteiger charge is 2.86. The van der Waals surface area contributed by atoms with Crippen molar-refractivity contribution in [1.29, 1.82) is 0 Å². The maximum Gasteiger partial charge on any atom is 0.338 e. The summed E-state index contributed by atoms with van der Waals surface area (Å²) in [4.78, 5) is 80.8. The third kappa shape index (κ3) is 4.11. The zero-order valence-corrected chi connectivity index (χ0v) is 30.8. The van der Waals surface area contributed by atoms with Gasteiger partial charge in [0.25, 0.3) is 0 Å². The molecular weight excluding hydrogens is 704 g/mol. The van der Waals surface area contributed by atoms with Crippen LogP contribution in [0.25, 0.3) is 0 Å². The lowest BCUT2D eigenvalue weighted by atomic mass is 9.43. The molecule has 9 rings (SSSR count). The molecule has 0 amide bonds. The van der Waals surface area contributed by atoms with Crippen LogP contribution in [0.3, 0.4) is 0 Å². The van der Waals surface area contributed by atoms with Crippen molar-refractivity contribution >= 4 is 35.6 Å². The van der Waals surface area contributed by atoms with Gasteiger partial charge in [-0.05, 0) is 85.8 Å². The molecule has 5 saturated carbocycles. The summed E-state index contributed by atoms with van der Waals surface area (Å²) >= 11 is 0. The van der Waals surface area contributed by atoms with Crippen LogP contribution in [0.4, 0.5) is 0 Å². The second kappa shape index (κ2) is 11.0. The summed E-state index contributed by atoms with van der Waals surface area (Å²) in [6.45, 7) is 5.51. The highest BCUT2D eigenvalue weighted by Crippen LogP contribution is 2.84. The minimum Gasteiger partial charge on any atom is -0.466 e. The number of ketones is 1. The van der Waals surface area contributed by atoms with Crippen molar-refractivity contribution in [2.75, 3.05) is 26.9 Å². The molecule has 5 fully saturated rings. The molecule has 7 aliphatic carbocycles. The van der Waals surface area contributed by atoms with Crippen LogP contribution in [-0.2, 0) is 52.5 Å². The van der Waals surface area contributed by atoms with Gasteiger partial charge in [-0.1, -0.05) is 13.8 Å². The second-order valence-electron chi connectivity index (χ2n) is 17.4. The minimum atomic E-state index is -1.76. The van der Waals surface area contributed by atoms with Gasteiger partial charge in [-0.15, -0.1) is 0 Å². The Balaban J connectivity index is 1.30. The van der Waals surface area contributed by atoms with Crippen LogP contribution >= 0.6 is 0 Å². The average Bonchev–Trinajstić information content (AvgIpc) is 4.05. The van der Waals surface area contributed by atoms with Crippen molar-refractivity contribution in [3.63, 3.8) is 0 Å². The largest absolute Gasteiger partial charge is 0.466 e. The third-order valence-corrected chi connectivity index (χ3v) is 15.3. The Morgan fingerprint density at radius 2 is 1.59 bits per heavy atom. The predicted octanol–water partition coefficient (Wildman–Crippen LogP) is 1.49. The number of cyclic esters (lactones) is 3. The van der Waals surface area contributed by atoms with Crippen LogP contribution in [0, 0.1) is 46.3 Å². The number of esters is 5. The van der Waals surface area contributed by atoms with Crippen molar-refractivity contribution in [2.45, 2.75) is 89.1 Å². The Hall–Kier alpha value is -4.14. The van der Waals surface area contributed by atoms with Gasteiger partial charge in [0.2, 0.25) is 0 Å². The lowest BCUT2D eigenvalue weighted by Gasteiger charge is -2.63. The first-order valence-electron chi connectivity index (χ1n) is 18.8. The van der Waals surface area contributed by atoms with E-state index in [1.165, 1.54) is 27.0 Å². The monoisotopic (exact) mass is 748 g/mol. The molecular formula is C40H44O14. The summed E-state index contributed by atoms with van der Waals surface area (Å²) in [6.07, 6.45) is 0.285. The molecule has 2 bridgehead atoms. The maximum atomic E-state index is 14.6. The fraction of sp³-hybridized carbons (Fsp3) is 0.650. The van der Waals surface area contributed by atoms with Crippen LogP contribution in [0.2, 0.25) is 0 Å². The molecule has 3 N–H and O–H groups in total. The summed E-state index contributed by atoms with van der Waals surface area (Å²) in [5.74, 6) is -7.12. The van der Waals surface area contributed by atoms with Gasteiger partial charge in [0.05, 0.1) is 31.1 Å². The summed E-state index contributed by atoms with van der Waals surface area (Å²) in [5.41, 5.74) is -6.31. The predicted molar refractivity (Wildman–Crippen MR) is 180 cm³/mol. The number of Topliss-reactive ketones (excluding diaryl/α,β-unsaturated/α-hetero) is 1. The van der Waals surface area contributed by atoms with Crippen molar-refractivity contribution in [2.24, 2.45) is 46.3 Å². The van der Waals surface area contributed by atoms with E-state index in [-0.39, 0.29) is 90.4 Å². The molecule has 0 aromatic rings. The van der Waals surface area contributed by atoms with E-state index in [1.54, 1.807) is 6.92 Å². The van der Waals surface area contributed by atoms with E-state index in [4.69, 9.17) is 23.7 Å². The van der Waals surface area contributed by atoms with Gasteiger partial charge in [0.1, 0.15) is 31.5 Å². The lowest BCUT2D eigenvalue weighted by Crippen LogP contribution is -2.67. The summed E-state index contributed by atoms with van der Waals surface area (Å²) < 4.78 is 28.2. The molecule has 0 aromatic heterocycles. The summed E-state index contributed by atoms with van der Waals surface area (Å²) in [5, 5.41) is 37.7. The molecule has 14 heteroatoms. The minimum absolute atomic E-state index is 0.00783. The number of carbonyl (C=O) groups is 6. The van der Waals surface area contributed by atoms with E-state index in [1.807, 2.05) is 6.92 Å². The van der Waals surface area contributed by atoms with Crippen LogP contribution in [-0.4, -0.2) is 101 Å². The van der Waals surface area contributed by atoms with Crippen molar-refractivity contribution in [3.05, 3.63) is 45.1 Å². The normalized spacial score (nSPS) is 48.0. The van der Waals surface area contributed by atoms with E-state index in [2.05, 4.69) is 0 Å². The van der Waals surface area contributed by atoms with Gasteiger partial charge in [-0.3, -0.25) is 14.4 Å². The van der Waals surface area contributed by atoms with E-state index >= 15 is 0 Å². The van der Waals surface area contributed by atoms with E-state index in [9.17, 15) is 44.1 Å². The second-order valence-corrected chi connectivity index (χ2v) is 17.4. The molecule has 2 heterocycles. The van der Waals surface area contributed by atoms with Gasteiger partial charge in [-0.25, -0.2) is 14.4 Å². The number of fused-ring (bicyclic) bond motifs is 7. The first-order valence-corrected chi connectivity index (χ1v) is 18.8. The molecule has 0 unspecified atom stereocenters. The molecule has 14 nitrogen and oxygen atoms in total. The fourth-order valence-electron chi connectivity index (χ4n) is 12.7. The Morgan fingerprint density at radius 1 is 0.907 bits per heavy atom. The quantitative estimate of drug-likeness (QED) is 0.197. The Labute approximate surface area is 310 Å². The molecule has 0 saturated heterocycles. The molecule has 0 radical (unpaired) electrons. The standard InChI is InChI=1S/C40H44O14/c1-16-8-9-51-26(41)6-7-27(42)52-14-18-19-12-24-36(3,20-10-23(20)39(24,49)15-53-33(16)45)25-13-38(48)22-11-21(22)37(4)31(38)29(40(19,25)54-35(18)47)28(30(43)32(37)44)17(2)34(46)50-5/h8,20-25,32,44,48-49H,6-7,9-15H2,1-5H3/b16-8-,28-17-/t20-,21-,22+,23+,24+,25+,32+,36+,37+,38+,39+,40+/m1/s1. The van der Waals surface area contributed by atoms with Crippen molar-refractivity contribution in [1.82, 2.24) is 0 Å². The van der Waals surface area contributed by atoms with Crippen LogP contribution < -0.4 is 0 Å². The van der Waals surface area contributed by atoms with Crippen molar-refractivity contribution in [3.8, 4) is 0 Å². The molecule has 1 spiro atoms.